The lowest BCUT2D eigenvalue weighted by atomic mass is 10.1. The molecule has 0 aliphatic carbocycles. The molecule has 3 aromatic rings. The summed E-state index contributed by atoms with van der Waals surface area (Å²) in [7, 11) is 0. The number of rotatable bonds is 5. The van der Waals surface area contributed by atoms with Gasteiger partial charge in [0.15, 0.2) is 16.5 Å². The van der Waals surface area contributed by atoms with Crippen LogP contribution in [0.2, 0.25) is 0 Å². The fraction of sp³-hybridized carbons (Fsp3) is 0.375. The summed E-state index contributed by atoms with van der Waals surface area (Å²) in [4.78, 5) is 20.2. The molecule has 23 heavy (non-hydrogen) atoms. The third-order valence-electron chi connectivity index (χ3n) is 4.07. The van der Waals surface area contributed by atoms with Gasteiger partial charge in [-0.15, -0.1) is 11.3 Å². The molecule has 0 radical (unpaired) electrons. The third kappa shape index (κ3) is 3.08. The van der Waals surface area contributed by atoms with E-state index in [4.69, 9.17) is 9.15 Å². The highest BCUT2D eigenvalue weighted by molar-refractivity contribution is 7.15. The largest absolute Gasteiger partial charge is 0.461 e. The summed E-state index contributed by atoms with van der Waals surface area (Å²) in [5, 5.41) is 2.02. The van der Waals surface area contributed by atoms with E-state index in [9.17, 15) is 4.79 Å². The fourth-order valence-corrected chi connectivity index (χ4v) is 3.62. The third-order valence-corrected chi connectivity index (χ3v) is 4.85. The summed E-state index contributed by atoms with van der Waals surface area (Å²) < 4.78 is 12.8. The van der Waals surface area contributed by atoms with Crippen LogP contribution in [0.3, 0.4) is 0 Å². The van der Waals surface area contributed by atoms with E-state index in [1.165, 1.54) is 6.26 Å². The van der Waals surface area contributed by atoms with Crippen LogP contribution in [-0.2, 0) is 11.3 Å². The van der Waals surface area contributed by atoms with Crippen molar-refractivity contribution < 1.29 is 13.9 Å². The van der Waals surface area contributed by atoms with Crippen molar-refractivity contribution >= 4 is 22.1 Å². The second kappa shape index (κ2) is 6.27. The highest BCUT2D eigenvalue weighted by Gasteiger charge is 2.27. The number of imidazole rings is 1. The molecule has 0 amide bonds. The molecule has 0 aromatic carbocycles. The number of ether oxygens (including phenoxy) is 1. The Morgan fingerprint density at radius 2 is 2.43 bits per heavy atom. The van der Waals surface area contributed by atoms with Gasteiger partial charge in [0.1, 0.15) is 0 Å². The molecular formula is C16H17N3O3S. The molecule has 0 N–H and O–H groups in total. The van der Waals surface area contributed by atoms with E-state index in [0.29, 0.717) is 25.4 Å². The number of furan rings is 1. The van der Waals surface area contributed by atoms with E-state index < -0.39 is 0 Å². The van der Waals surface area contributed by atoms with Crippen molar-refractivity contribution in [1.29, 1.82) is 0 Å². The van der Waals surface area contributed by atoms with Crippen LogP contribution in [-0.4, -0.2) is 45.9 Å². The predicted molar refractivity (Wildman–Crippen MR) is 85.7 cm³/mol. The first-order valence-corrected chi connectivity index (χ1v) is 8.47. The molecule has 1 fully saturated rings. The second-order valence-corrected chi connectivity index (χ2v) is 6.50. The molecule has 3 aromatic heterocycles. The van der Waals surface area contributed by atoms with Gasteiger partial charge in [-0.2, -0.15) is 0 Å². The summed E-state index contributed by atoms with van der Waals surface area (Å²) in [6, 6.07) is 3.50. The normalized spacial score (nSPS) is 19.4. The van der Waals surface area contributed by atoms with E-state index >= 15 is 0 Å². The van der Waals surface area contributed by atoms with Crippen molar-refractivity contribution in [2.45, 2.75) is 19.0 Å². The molecule has 4 rings (SSSR count). The average Bonchev–Trinajstić information content (AvgIpc) is 3.25. The number of Topliss-reactive ketones (excluding diaryl/α,β-unsaturated/α-hetero) is 1. The number of carbonyl (C=O) groups excluding carboxylic acids is 1. The van der Waals surface area contributed by atoms with Crippen LogP contribution in [0.25, 0.3) is 4.96 Å². The molecule has 0 saturated carbocycles. The zero-order valence-corrected chi connectivity index (χ0v) is 13.4. The first kappa shape index (κ1) is 14.6. The van der Waals surface area contributed by atoms with E-state index in [1.807, 2.05) is 22.2 Å². The summed E-state index contributed by atoms with van der Waals surface area (Å²) in [5.41, 5.74) is 1.02. The Morgan fingerprint density at radius 1 is 1.48 bits per heavy atom. The maximum Gasteiger partial charge on any atom is 0.199 e. The van der Waals surface area contributed by atoms with Gasteiger partial charge in [-0.1, -0.05) is 0 Å². The lowest BCUT2D eigenvalue weighted by molar-refractivity contribution is -0.0132. The minimum atomic E-state index is 0.0151. The summed E-state index contributed by atoms with van der Waals surface area (Å²) >= 11 is 1.62. The first-order chi connectivity index (χ1) is 11.3. The van der Waals surface area contributed by atoms with Crippen molar-refractivity contribution in [1.82, 2.24) is 14.3 Å². The molecule has 4 heterocycles. The van der Waals surface area contributed by atoms with Crippen LogP contribution >= 0.6 is 11.3 Å². The lowest BCUT2D eigenvalue weighted by Crippen LogP contribution is -2.45. The highest BCUT2D eigenvalue weighted by Crippen LogP contribution is 2.19. The maximum atomic E-state index is 12.3. The van der Waals surface area contributed by atoms with Gasteiger partial charge in [-0.3, -0.25) is 14.1 Å². The molecule has 1 saturated heterocycles. The molecule has 0 spiro atoms. The number of nitrogens with zero attached hydrogens (tertiary/aromatic N) is 3. The van der Waals surface area contributed by atoms with Gasteiger partial charge < -0.3 is 9.15 Å². The van der Waals surface area contributed by atoms with Crippen LogP contribution in [0, 0.1) is 0 Å². The monoisotopic (exact) mass is 331 g/mol. The van der Waals surface area contributed by atoms with Crippen molar-refractivity contribution in [3.8, 4) is 0 Å². The molecule has 120 valence electrons. The number of hydrogen-bond donors (Lipinski definition) is 0. The standard InChI is InChI=1S/C16H17N3O3S/c20-14(15-2-1-5-22-15)8-13-11-21-6-3-18(13)9-12-10-19-4-7-23-16(19)17-12/h1-2,4-5,7,10,13H,3,6,8-9,11H2. The van der Waals surface area contributed by atoms with Crippen LogP contribution in [0.1, 0.15) is 22.7 Å². The number of ketones is 1. The van der Waals surface area contributed by atoms with Gasteiger partial charge in [0.2, 0.25) is 0 Å². The highest BCUT2D eigenvalue weighted by atomic mass is 32.1. The SMILES string of the molecule is O=C(CC1COCCN1Cc1cn2ccsc2n1)c1ccco1. The van der Waals surface area contributed by atoms with Crippen LogP contribution < -0.4 is 0 Å². The van der Waals surface area contributed by atoms with Gasteiger partial charge in [0.05, 0.1) is 25.2 Å². The Hall–Kier alpha value is -1.96. The van der Waals surface area contributed by atoms with Crippen LogP contribution in [0.5, 0.6) is 0 Å². The zero-order chi connectivity index (χ0) is 15.6. The van der Waals surface area contributed by atoms with E-state index in [0.717, 1.165) is 23.7 Å². The van der Waals surface area contributed by atoms with Gasteiger partial charge in [-0.25, -0.2) is 4.98 Å². The predicted octanol–water partition coefficient (Wildman–Crippen LogP) is 2.46. The van der Waals surface area contributed by atoms with Gasteiger partial charge in [-0.05, 0) is 12.1 Å². The minimum absolute atomic E-state index is 0.0151. The van der Waals surface area contributed by atoms with E-state index in [1.54, 1.807) is 23.5 Å². The quantitative estimate of drug-likeness (QED) is 0.672. The molecule has 6 nitrogen and oxygen atoms in total. The topological polar surface area (TPSA) is 60.0 Å². The fourth-order valence-electron chi connectivity index (χ4n) is 2.90. The van der Waals surface area contributed by atoms with Gasteiger partial charge in [0, 0.05) is 43.3 Å². The second-order valence-electron chi connectivity index (χ2n) is 5.63. The lowest BCUT2D eigenvalue weighted by Gasteiger charge is -2.34. The van der Waals surface area contributed by atoms with Gasteiger partial charge >= 0.3 is 0 Å². The molecule has 1 aliphatic heterocycles. The van der Waals surface area contributed by atoms with Crippen molar-refractivity contribution in [3.05, 3.63) is 47.6 Å². The van der Waals surface area contributed by atoms with Crippen molar-refractivity contribution in [2.24, 2.45) is 0 Å². The zero-order valence-electron chi connectivity index (χ0n) is 12.6. The molecule has 1 aliphatic rings. The number of thiazole rings is 1. The minimum Gasteiger partial charge on any atom is -0.461 e. The number of fused-ring (bicyclic) bond motifs is 1. The summed E-state index contributed by atoms with van der Waals surface area (Å²) in [5.74, 6) is 0.430. The molecule has 1 atom stereocenters. The summed E-state index contributed by atoms with van der Waals surface area (Å²) in [6.45, 7) is 2.79. The molecule has 1 unspecified atom stereocenters. The Balaban J connectivity index is 1.46. The van der Waals surface area contributed by atoms with Crippen LogP contribution in [0.4, 0.5) is 0 Å². The number of carbonyl (C=O) groups is 1. The molecule has 0 bridgehead atoms. The molecular weight excluding hydrogens is 314 g/mol. The maximum absolute atomic E-state index is 12.3. The first-order valence-electron chi connectivity index (χ1n) is 7.59. The van der Waals surface area contributed by atoms with Gasteiger partial charge in [0.25, 0.3) is 0 Å². The van der Waals surface area contributed by atoms with Crippen molar-refractivity contribution in [3.63, 3.8) is 0 Å². The van der Waals surface area contributed by atoms with Crippen LogP contribution in [0.15, 0.2) is 40.6 Å². The van der Waals surface area contributed by atoms with Crippen molar-refractivity contribution in [2.75, 3.05) is 19.8 Å². The Morgan fingerprint density at radius 3 is 3.26 bits per heavy atom. The number of aromatic nitrogens is 2. The Bertz CT molecular complexity index is 764. The van der Waals surface area contributed by atoms with E-state index in [2.05, 4.69) is 9.88 Å². The Kier molecular flexibility index (Phi) is 3.99. The molecule has 7 heteroatoms. The number of hydrogen-bond acceptors (Lipinski definition) is 6. The summed E-state index contributed by atoms with van der Waals surface area (Å²) in [6.07, 6.45) is 5.98. The number of morpholine rings is 1. The Labute approximate surface area is 137 Å². The van der Waals surface area contributed by atoms with E-state index in [-0.39, 0.29) is 11.8 Å². The smallest absolute Gasteiger partial charge is 0.199 e. The average molecular weight is 331 g/mol.